The number of quaternary nitrogens is 1. The number of rotatable bonds is 1. The largest absolute Gasteiger partial charge is 0.334 e. The van der Waals surface area contributed by atoms with Crippen molar-refractivity contribution in [2.45, 2.75) is 5.92 Å². The molecule has 0 amide bonds. The summed E-state index contributed by atoms with van der Waals surface area (Å²) in [6, 6.07) is 10.2. The third-order valence-corrected chi connectivity index (χ3v) is 6.69. The third-order valence-electron chi connectivity index (χ3n) is 4.98. The van der Waals surface area contributed by atoms with E-state index in [9.17, 15) is 15.8 Å². The molecule has 1 fully saturated rings. The fraction of sp³-hybridized carbons (Fsp3) is 0.412. The molecule has 4 atom stereocenters. The van der Waals surface area contributed by atoms with Crippen LogP contribution < -0.4 is 4.90 Å². The Balaban J connectivity index is 2.26. The van der Waals surface area contributed by atoms with E-state index in [1.165, 1.54) is 16.2 Å². The lowest BCUT2D eigenvalue weighted by Gasteiger charge is -2.45. The van der Waals surface area contributed by atoms with Crippen molar-refractivity contribution in [1.29, 1.82) is 21.2 Å². The smallest absolute Gasteiger partial charge is 0.190 e. The summed E-state index contributed by atoms with van der Waals surface area (Å²) in [5.74, 6) is -1.27. The topological polar surface area (TPSA) is 99.7 Å². The lowest BCUT2D eigenvalue weighted by molar-refractivity contribution is -0.878. The summed E-state index contributed by atoms with van der Waals surface area (Å²) >= 11 is 4.94. The van der Waals surface area contributed by atoms with E-state index in [0.29, 0.717) is 0 Å². The Bertz CT molecular complexity index is 836. The molecule has 2 N–H and O–H groups in total. The molecule has 0 aromatic carbocycles. The maximum absolute atomic E-state index is 9.86. The number of likely N-dealkylation sites (N-methyl/N-ethyl adjacent to an activating group) is 1. The molecule has 0 radical (unpaired) electrons. The standard InChI is InChI=1S/C17H14BrN5S/c1-23-5-4-10-11(6-19)16(22)17(8-20,9-21)15(12(10)7-23)13-2-3-14(18)24-13/h2-4,11-12,15,22H,5,7H2,1H3/p+1/t11?,12-,15-/m1/s1. The minimum absolute atomic E-state index is 0.0772. The van der Waals surface area contributed by atoms with E-state index < -0.39 is 17.3 Å². The van der Waals surface area contributed by atoms with Crippen LogP contribution in [-0.4, -0.2) is 25.8 Å². The highest BCUT2D eigenvalue weighted by molar-refractivity contribution is 9.11. The van der Waals surface area contributed by atoms with Crippen molar-refractivity contribution in [3.05, 3.63) is 32.4 Å². The van der Waals surface area contributed by atoms with Crippen LogP contribution in [0.2, 0.25) is 0 Å². The van der Waals surface area contributed by atoms with Crippen molar-refractivity contribution in [1.82, 2.24) is 0 Å². The van der Waals surface area contributed by atoms with Gasteiger partial charge in [-0.3, -0.25) is 0 Å². The summed E-state index contributed by atoms with van der Waals surface area (Å²) in [5.41, 5.74) is -0.764. The molecule has 2 aliphatic rings. The van der Waals surface area contributed by atoms with Gasteiger partial charge in [0.05, 0.1) is 47.8 Å². The molecule has 1 aromatic rings. The lowest BCUT2D eigenvalue weighted by Crippen LogP contribution is -3.10. The number of nitrogens with zero attached hydrogens (tertiary/aromatic N) is 3. The molecule has 1 saturated carbocycles. The molecule has 2 heterocycles. The van der Waals surface area contributed by atoms with Gasteiger partial charge in [0.1, 0.15) is 5.92 Å². The van der Waals surface area contributed by atoms with E-state index in [1.807, 2.05) is 18.2 Å². The minimum atomic E-state index is -1.59. The number of nitriles is 3. The van der Waals surface area contributed by atoms with Crippen LogP contribution in [0.1, 0.15) is 10.8 Å². The van der Waals surface area contributed by atoms with E-state index >= 15 is 0 Å². The first-order chi connectivity index (χ1) is 11.5. The molecule has 1 aliphatic heterocycles. The van der Waals surface area contributed by atoms with Gasteiger partial charge >= 0.3 is 0 Å². The van der Waals surface area contributed by atoms with Crippen molar-refractivity contribution >= 4 is 33.0 Å². The highest BCUT2D eigenvalue weighted by Crippen LogP contribution is 2.53. The van der Waals surface area contributed by atoms with Crippen LogP contribution in [0.3, 0.4) is 0 Å². The second kappa shape index (κ2) is 6.15. The third kappa shape index (κ3) is 2.31. The first-order valence-corrected chi connectivity index (χ1v) is 9.17. The maximum atomic E-state index is 9.86. The molecule has 3 rings (SSSR count). The lowest BCUT2D eigenvalue weighted by atomic mass is 9.55. The Hall–Kier alpha value is -1.98. The molecule has 5 nitrogen and oxygen atoms in total. The van der Waals surface area contributed by atoms with Gasteiger partial charge in [0.25, 0.3) is 0 Å². The number of hydrogen-bond acceptors (Lipinski definition) is 5. The van der Waals surface area contributed by atoms with Crippen LogP contribution in [0.4, 0.5) is 0 Å². The average Bonchev–Trinajstić information content (AvgIpc) is 3.00. The number of thiophene rings is 1. The Labute approximate surface area is 153 Å². The highest BCUT2D eigenvalue weighted by atomic mass is 79.9. The zero-order chi connectivity index (χ0) is 17.5. The van der Waals surface area contributed by atoms with Crippen LogP contribution in [0.5, 0.6) is 0 Å². The zero-order valence-electron chi connectivity index (χ0n) is 13.0. The van der Waals surface area contributed by atoms with E-state index in [-0.39, 0.29) is 11.6 Å². The highest BCUT2D eigenvalue weighted by Gasteiger charge is 2.58. The molecular formula is C17H15BrN5S+. The average molecular weight is 401 g/mol. The van der Waals surface area contributed by atoms with Crippen LogP contribution >= 0.6 is 27.3 Å². The molecule has 24 heavy (non-hydrogen) atoms. The van der Waals surface area contributed by atoms with Crippen molar-refractivity contribution in [2.75, 3.05) is 20.1 Å². The Morgan fingerprint density at radius 2 is 2.04 bits per heavy atom. The summed E-state index contributed by atoms with van der Waals surface area (Å²) in [4.78, 5) is 2.19. The Kier molecular flexibility index (Phi) is 4.32. The van der Waals surface area contributed by atoms with E-state index in [2.05, 4.69) is 41.2 Å². The fourth-order valence-corrected chi connectivity index (χ4v) is 5.51. The summed E-state index contributed by atoms with van der Waals surface area (Å²) in [6.07, 6.45) is 2.03. The van der Waals surface area contributed by atoms with E-state index in [1.54, 1.807) is 0 Å². The van der Waals surface area contributed by atoms with E-state index in [0.717, 1.165) is 27.3 Å². The molecule has 0 spiro atoms. The maximum Gasteiger partial charge on any atom is 0.190 e. The quantitative estimate of drug-likeness (QED) is 0.703. The molecular weight excluding hydrogens is 386 g/mol. The molecule has 2 unspecified atom stereocenters. The molecule has 1 aliphatic carbocycles. The fourth-order valence-electron chi connectivity index (χ4n) is 3.86. The van der Waals surface area contributed by atoms with E-state index in [4.69, 9.17) is 5.41 Å². The number of fused-ring (bicyclic) bond motifs is 1. The van der Waals surface area contributed by atoms with Crippen LogP contribution in [0.15, 0.2) is 27.6 Å². The number of hydrogen-bond donors (Lipinski definition) is 2. The van der Waals surface area contributed by atoms with Gasteiger partial charge in [-0.15, -0.1) is 11.3 Å². The van der Waals surface area contributed by atoms with Crippen molar-refractivity contribution in [2.24, 2.45) is 17.3 Å². The predicted octanol–water partition coefficient (Wildman–Crippen LogP) is 1.87. The molecule has 7 heteroatoms. The van der Waals surface area contributed by atoms with Gasteiger partial charge < -0.3 is 10.3 Å². The SMILES string of the molecule is C[NH+]1CC=C2C(C#N)C(=N)C(C#N)(C#N)[C@@H](c3ccc(Br)s3)[C@@H]2C1. The van der Waals surface area contributed by atoms with Crippen molar-refractivity contribution in [3.8, 4) is 18.2 Å². The van der Waals surface area contributed by atoms with Gasteiger partial charge in [0.2, 0.25) is 0 Å². The van der Waals surface area contributed by atoms with Gasteiger partial charge in [-0.25, -0.2) is 0 Å². The number of nitrogens with one attached hydrogen (secondary N) is 2. The van der Waals surface area contributed by atoms with Crippen LogP contribution in [0.25, 0.3) is 0 Å². The monoisotopic (exact) mass is 400 g/mol. The van der Waals surface area contributed by atoms with Gasteiger partial charge in [0, 0.05) is 16.7 Å². The van der Waals surface area contributed by atoms with Gasteiger partial charge in [-0.05, 0) is 39.7 Å². The summed E-state index contributed by atoms with van der Waals surface area (Å²) < 4.78 is 0.929. The van der Waals surface area contributed by atoms with Crippen LogP contribution in [-0.2, 0) is 0 Å². The van der Waals surface area contributed by atoms with Crippen molar-refractivity contribution < 1.29 is 4.90 Å². The zero-order valence-corrected chi connectivity index (χ0v) is 15.4. The second-order valence-corrected chi connectivity index (χ2v) is 8.80. The molecule has 0 saturated heterocycles. The minimum Gasteiger partial charge on any atom is -0.334 e. The van der Waals surface area contributed by atoms with Crippen molar-refractivity contribution in [3.63, 3.8) is 0 Å². The summed E-state index contributed by atoms with van der Waals surface area (Å²) in [7, 11) is 2.07. The Morgan fingerprint density at radius 1 is 1.33 bits per heavy atom. The molecule has 0 bridgehead atoms. The Morgan fingerprint density at radius 3 is 2.58 bits per heavy atom. The predicted molar refractivity (Wildman–Crippen MR) is 93.4 cm³/mol. The summed E-state index contributed by atoms with van der Waals surface area (Å²) in [5, 5.41) is 37.8. The van der Waals surface area contributed by atoms with Gasteiger partial charge in [-0.1, -0.05) is 0 Å². The van der Waals surface area contributed by atoms with Gasteiger partial charge in [-0.2, -0.15) is 15.8 Å². The number of halogens is 1. The first kappa shape index (κ1) is 16.9. The molecule has 1 aromatic heterocycles. The summed E-state index contributed by atoms with van der Waals surface area (Å²) in [6.45, 7) is 1.55. The van der Waals surface area contributed by atoms with Crippen LogP contribution in [0, 0.1) is 56.7 Å². The second-order valence-electron chi connectivity index (χ2n) is 6.30. The normalized spacial score (nSPS) is 31.1. The van der Waals surface area contributed by atoms with Gasteiger partial charge in [0.15, 0.2) is 5.41 Å². The first-order valence-electron chi connectivity index (χ1n) is 7.56. The molecule has 120 valence electrons.